The summed E-state index contributed by atoms with van der Waals surface area (Å²) in [4.78, 5) is 11.1. The minimum atomic E-state index is -0.128. The molecule has 0 aliphatic carbocycles. The molecule has 1 heterocycles. The number of carbonyl (C=O) groups excluding carboxylic acids is 1. The van der Waals surface area contributed by atoms with Gasteiger partial charge in [0.15, 0.2) is 0 Å². The van der Waals surface area contributed by atoms with E-state index >= 15 is 0 Å². The van der Waals surface area contributed by atoms with Gasteiger partial charge in [-0.3, -0.25) is 10.1 Å². The fourth-order valence-corrected chi connectivity index (χ4v) is 1.49. The first-order chi connectivity index (χ1) is 5.13. The Balaban J connectivity index is 2.68. The number of carbonyl (C=O) groups is 1. The number of rotatable bonds is 2. The van der Waals surface area contributed by atoms with Crippen LogP contribution in [-0.4, -0.2) is 17.6 Å². The van der Waals surface area contributed by atoms with E-state index in [0.29, 0.717) is 0 Å². The van der Waals surface area contributed by atoms with Crippen LogP contribution in [0.15, 0.2) is 0 Å². The number of hydrogen-bond acceptors (Lipinski definition) is 2. The van der Waals surface area contributed by atoms with Crippen LogP contribution in [0.5, 0.6) is 0 Å². The second-order valence-electron chi connectivity index (χ2n) is 3.14. The molecule has 3 heteroatoms. The highest BCUT2D eigenvalue weighted by Gasteiger charge is 2.38. The molecule has 0 radical (unpaired) electrons. The molecule has 1 atom stereocenters. The van der Waals surface area contributed by atoms with Crippen molar-refractivity contribution in [1.29, 1.82) is 0 Å². The lowest BCUT2D eigenvalue weighted by atomic mass is 10.1. The van der Waals surface area contributed by atoms with Crippen LogP contribution in [0.25, 0.3) is 0 Å². The van der Waals surface area contributed by atoms with Gasteiger partial charge < -0.3 is 5.32 Å². The summed E-state index contributed by atoms with van der Waals surface area (Å²) >= 11 is 0. The van der Waals surface area contributed by atoms with Crippen molar-refractivity contribution < 1.29 is 4.79 Å². The van der Waals surface area contributed by atoms with Gasteiger partial charge in [-0.15, -0.1) is 0 Å². The molecule has 1 unspecified atom stereocenters. The molecular weight excluding hydrogens is 140 g/mol. The molecule has 0 saturated carbocycles. The minimum Gasteiger partial charge on any atom is -0.337 e. The Morgan fingerprint density at radius 2 is 2.00 bits per heavy atom. The zero-order valence-electron chi connectivity index (χ0n) is 7.40. The lowest BCUT2D eigenvalue weighted by Crippen LogP contribution is -2.48. The average Bonchev–Trinajstić information content (AvgIpc) is 2.29. The van der Waals surface area contributed by atoms with Crippen molar-refractivity contribution in [2.24, 2.45) is 0 Å². The van der Waals surface area contributed by atoms with Gasteiger partial charge in [0.2, 0.25) is 5.91 Å². The van der Waals surface area contributed by atoms with Gasteiger partial charge in [-0.05, 0) is 19.8 Å². The zero-order chi connectivity index (χ0) is 8.48. The summed E-state index contributed by atoms with van der Waals surface area (Å²) in [5.41, 5.74) is -0.128. The monoisotopic (exact) mass is 156 g/mol. The molecule has 0 aromatic rings. The van der Waals surface area contributed by atoms with Gasteiger partial charge in [0.05, 0.1) is 11.7 Å². The molecule has 1 saturated heterocycles. The highest BCUT2D eigenvalue weighted by molar-refractivity contribution is 5.84. The van der Waals surface area contributed by atoms with Crippen LogP contribution in [-0.2, 0) is 4.79 Å². The van der Waals surface area contributed by atoms with Crippen molar-refractivity contribution in [3.63, 3.8) is 0 Å². The van der Waals surface area contributed by atoms with Gasteiger partial charge in [0, 0.05) is 0 Å². The summed E-state index contributed by atoms with van der Waals surface area (Å²) in [6, 6.07) is -0.0325. The van der Waals surface area contributed by atoms with Crippen molar-refractivity contribution in [2.75, 3.05) is 0 Å². The van der Waals surface area contributed by atoms with Crippen molar-refractivity contribution >= 4 is 5.91 Å². The Hall–Kier alpha value is -0.570. The van der Waals surface area contributed by atoms with E-state index in [1.807, 2.05) is 6.92 Å². The molecule has 1 aliphatic rings. The minimum absolute atomic E-state index is 0.0325. The van der Waals surface area contributed by atoms with E-state index < -0.39 is 0 Å². The number of amides is 1. The maximum atomic E-state index is 11.1. The molecule has 3 nitrogen and oxygen atoms in total. The highest BCUT2D eigenvalue weighted by atomic mass is 16.2. The SMILES string of the molecule is CCC1(CC)NC(=O)C(C)N1. The largest absolute Gasteiger partial charge is 0.337 e. The fourth-order valence-electron chi connectivity index (χ4n) is 1.49. The van der Waals surface area contributed by atoms with Crippen LogP contribution in [0.1, 0.15) is 33.6 Å². The van der Waals surface area contributed by atoms with Gasteiger partial charge in [-0.25, -0.2) is 0 Å². The third kappa shape index (κ3) is 1.38. The topological polar surface area (TPSA) is 41.1 Å². The summed E-state index contributed by atoms with van der Waals surface area (Å²) in [7, 11) is 0. The molecule has 1 fully saturated rings. The lowest BCUT2D eigenvalue weighted by molar-refractivity contribution is -0.120. The van der Waals surface area contributed by atoms with E-state index in [1.165, 1.54) is 0 Å². The summed E-state index contributed by atoms with van der Waals surface area (Å²) in [6.07, 6.45) is 1.89. The smallest absolute Gasteiger partial charge is 0.238 e. The maximum absolute atomic E-state index is 11.1. The zero-order valence-corrected chi connectivity index (χ0v) is 7.40. The summed E-state index contributed by atoms with van der Waals surface area (Å²) in [5.74, 6) is 0.119. The van der Waals surface area contributed by atoms with Crippen LogP contribution < -0.4 is 10.6 Å². The molecule has 0 bridgehead atoms. The Labute approximate surface area is 67.5 Å². The first-order valence-corrected chi connectivity index (χ1v) is 4.23. The Kier molecular flexibility index (Phi) is 2.18. The molecule has 1 aliphatic heterocycles. The van der Waals surface area contributed by atoms with E-state index in [-0.39, 0.29) is 17.6 Å². The quantitative estimate of drug-likeness (QED) is 0.615. The molecule has 1 amide bonds. The van der Waals surface area contributed by atoms with E-state index in [4.69, 9.17) is 0 Å². The van der Waals surface area contributed by atoms with Crippen molar-refractivity contribution in [2.45, 2.75) is 45.3 Å². The van der Waals surface area contributed by atoms with Crippen LogP contribution in [0, 0.1) is 0 Å². The molecule has 2 N–H and O–H groups in total. The second-order valence-corrected chi connectivity index (χ2v) is 3.14. The van der Waals surface area contributed by atoms with Gasteiger partial charge in [0.1, 0.15) is 0 Å². The van der Waals surface area contributed by atoms with E-state index in [9.17, 15) is 4.79 Å². The summed E-state index contributed by atoms with van der Waals surface area (Å²) < 4.78 is 0. The number of nitrogens with one attached hydrogen (secondary N) is 2. The molecule has 11 heavy (non-hydrogen) atoms. The Bertz CT molecular complexity index is 163. The lowest BCUT2D eigenvalue weighted by Gasteiger charge is -2.26. The molecular formula is C8H16N2O. The maximum Gasteiger partial charge on any atom is 0.238 e. The Morgan fingerprint density at radius 3 is 2.18 bits per heavy atom. The van der Waals surface area contributed by atoms with Gasteiger partial charge in [0.25, 0.3) is 0 Å². The third-order valence-electron chi connectivity index (χ3n) is 2.46. The second kappa shape index (κ2) is 2.81. The van der Waals surface area contributed by atoms with E-state index in [2.05, 4.69) is 24.5 Å². The van der Waals surface area contributed by atoms with Gasteiger partial charge >= 0.3 is 0 Å². The van der Waals surface area contributed by atoms with Crippen LogP contribution >= 0.6 is 0 Å². The third-order valence-corrected chi connectivity index (χ3v) is 2.46. The molecule has 64 valence electrons. The highest BCUT2D eigenvalue weighted by Crippen LogP contribution is 2.17. The van der Waals surface area contributed by atoms with Crippen LogP contribution in [0.2, 0.25) is 0 Å². The predicted molar refractivity (Wildman–Crippen MR) is 44.1 cm³/mol. The van der Waals surface area contributed by atoms with Crippen molar-refractivity contribution in [3.05, 3.63) is 0 Å². The van der Waals surface area contributed by atoms with E-state index in [0.717, 1.165) is 12.8 Å². The average molecular weight is 156 g/mol. The van der Waals surface area contributed by atoms with Crippen LogP contribution in [0.3, 0.4) is 0 Å². The summed E-state index contributed by atoms with van der Waals surface area (Å²) in [6.45, 7) is 6.05. The van der Waals surface area contributed by atoms with Crippen LogP contribution in [0.4, 0.5) is 0 Å². The number of hydrogen-bond donors (Lipinski definition) is 2. The molecule has 0 aromatic carbocycles. The molecule has 0 spiro atoms. The molecule has 1 rings (SSSR count). The van der Waals surface area contributed by atoms with Crippen molar-refractivity contribution in [3.8, 4) is 0 Å². The normalized spacial score (nSPS) is 28.6. The first kappa shape index (κ1) is 8.53. The van der Waals surface area contributed by atoms with Gasteiger partial charge in [-0.2, -0.15) is 0 Å². The fraction of sp³-hybridized carbons (Fsp3) is 0.875. The first-order valence-electron chi connectivity index (χ1n) is 4.23. The predicted octanol–water partition coefficient (Wildman–Crippen LogP) is 0.611. The Morgan fingerprint density at radius 1 is 1.45 bits per heavy atom. The summed E-state index contributed by atoms with van der Waals surface area (Å²) in [5, 5.41) is 6.22. The molecule has 0 aromatic heterocycles. The van der Waals surface area contributed by atoms with E-state index in [1.54, 1.807) is 0 Å². The van der Waals surface area contributed by atoms with Crippen molar-refractivity contribution in [1.82, 2.24) is 10.6 Å². The van der Waals surface area contributed by atoms with Gasteiger partial charge in [-0.1, -0.05) is 13.8 Å². The standard InChI is InChI=1S/C8H16N2O/c1-4-8(5-2)9-6(3)7(11)10-8/h6,9H,4-5H2,1-3H3,(H,10,11).